The normalized spacial score (nSPS) is 19.9. The molecule has 3 N–H and O–H groups in total. The highest BCUT2D eigenvalue weighted by Gasteiger charge is 2.48. The van der Waals surface area contributed by atoms with Crippen LogP contribution in [-0.2, 0) is 0 Å². The van der Waals surface area contributed by atoms with Gasteiger partial charge in [-0.3, -0.25) is 9.59 Å². The van der Waals surface area contributed by atoms with E-state index in [2.05, 4.69) is 20.6 Å². The molecule has 10 heteroatoms. The zero-order valence-corrected chi connectivity index (χ0v) is 22.6. The molecule has 200 valence electrons. The van der Waals surface area contributed by atoms with E-state index in [9.17, 15) is 19.1 Å². The van der Waals surface area contributed by atoms with Crippen LogP contribution in [0, 0.1) is 12.3 Å². The van der Waals surface area contributed by atoms with E-state index in [4.69, 9.17) is 0 Å². The number of anilines is 1. The SMILES string of the molecule is Cc1cc(NC2CC3(CCC3)C2)ncc1-c1sc(C(=O)NCC(C)(C)O)nc1C(=O)N1CCC(F)CC1. The summed E-state index contributed by atoms with van der Waals surface area (Å²) in [5.41, 5.74) is 1.36. The lowest BCUT2D eigenvalue weighted by atomic mass is 9.54. The van der Waals surface area contributed by atoms with Gasteiger partial charge in [0.1, 0.15) is 17.7 Å². The maximum Gasteiger partial charge on any atom is 0.280 e. The third-order valence-electron chi connectivity index (χ3n) is 7.90. The van der Waals surface area contributed by atoms with Gasteiger partial charge in [0, 0.05) is 37.4 Å². The van der Waals surface area contributed by atoms with Crippen molar-refractivity contribution in [3.63, 3.8) is 0 Å². The van der Waals surface area contributed by atoms with Gasteiger partial charge in [0.2, 0.25) is 0 Å². The first-order valence-corrected chi connectivity index (χ1v) is 14.0. The van der Waals surface area contributed by atoms with Gasteiger partial charge >= 0.3 is 0 Å². The molecule has 1 aliphatic heterocycles. The fourth-order valence-electron chi connectivity index (χ4n) is 5.57. The zero-order chi connectivity index (χ0) is 26.4. The molecule has 37 heavy (non-hydrogen) atoms. The number of piperidine rings is 1. The Morgan fingerprint density at radius 3 is 2.57 bits per heavy atom. The number of aliphatic hydroxyl groups is 1. The summed E-state index contributed by atoms with van der Waals surface area (Å²) in [6.07, 6.45) is 7.86. The number of nitrogens with zero attached hydrogens (tertiary/aromatic N) is 3. The highest BCUT2D eigenvalue weighted by molar-refractivity contribution is 7.17. The smallest absolute Gasteiger partial charge is 0.280 e. The number of halogens is 1. The van der Waals surface area contributed by atoms with E-state index < -0.39 is 17.7 Å². The molecule has 1 spiro atoms. The molecule has 2 saturated carbocycles. The van der Waals surface area contributed by atoms with E-state index >= 15 is 0 Å². The van der Waals surface area contributed by atoms with Crippen molar-refractivity contribution in [2.75, 3.05) is 25.0 Å². The predicted octanol–water partition coefficient (Wildman–Crippen LogP) is 4.33. The number of likely N-dealkylation sites (tertiary alicyclic amines) is 1. The van der Waals surface area contributed by atoms with Crippen LogP contribution in [0.5, 0.6) is 0 Å². The van der Waals surface area contributed by atoms with Gasteiger partial charge in [-0.15, -0.1) is 11.3 Å². The maximum atomic E-state index is 13.7. The Labute approximate surface area is 221 Å². The summed E-state index contributed by atoms with van der Waals surface area (Å²) in [5.74, 6) is 0.0567. The molecule has 1 saturated heterocycles. The van der Waals surface area contributed by atoms with E-state index in [-0.39, 0.29) is 23.2 Å². The lowest BCUT2D eigenvalue weighted by molar-refractivity contribution is 0.0191. The molecule has 0 bridgehead atoms. The van der Waals surface area contributed by atoms with Crippen LogP contribution < -0.4 is 10.6 Å². The average Bonchev–Trinajstić information content (AvgIpc) is 3.23. The highest BCUT2D eigenvalue weighted by Crippen LogP contribution is 2.56. The molecule has 5 rings (SSSR count). The number of rotatable bonds is 7. The van der Waals surface area contributed by atoms with Gasteiger partial charge in [-0.2, -0.15) is 0 Å². The van der Waals surface area contributed by atoms with Crippen LogP contribution in [0.1, 0.15) is 84.6 Å². The first kappa shape index (κ1) is 26.0. The average molecular weight is 530 g/mol. The fraction of sp³-hybridized carbons (Fsp3) is 0.630. The van der Waals surface area contributed by atoms with Gasteiger partial charge in [-0.05, 0) is 76.3 Å². The number of thiazole rings is 1. The Balaban J connectivity index is 1.39. The number of nitrogens with one attached hydrogen (secondary N) is 2. The Morgan fingerprint density at radius 1 is 1.27 bits per heavy atom. The number of alkyl halides is 1. The molecule has 2 amide bonds. The lowest BCUT2D eigenvalue weighted by Crippen LogP contribution is -2.49. The van der Waals surface area contributed by atoms with E-state index in [1.54, 1.807) is 24.9 Å². The number of carbonyl (C=O) groups excluding carboxylic acids is 2. The van der Waals surface area contributed by atoms with Gasteiger partial charge in [-0.25, -0.2) is 14.4 Å². The summed E-state index contributed by atoms with van der Waals surface area (Å²) in [7, 11) is 0. The molecule has 2 aromatic rings. The second-order valence-corrected chi connectivity index (χ2v) is 12.6. The minimum Gasteiger partial charge on any atom is -0.389 e. The minimum absolute atomic E-state index is 0.0530. The first-order chi connectivity index (χ1) is 17.5. The predicted molar refractivity (Wildman–Crippen MR) is 142 cm³/mol. The van der Waals surface area contributed by atoms with Gasteiger partial charge in [-0.1, -0.05) is 6.42 Å². The van der Waals surface area contributed by atoms with Crippen LogP contribution in [0.25, 0.3) is 10.4 Å². The standard InChI is InChI=1S/C27H36FN5O3S/c1-16-11-20(31-18-12-27(13-18)7-4-8-27)29-14-19(16)22-21(25(35)33-9-5-17(28)6-10-33)32-24(37-22)23(34)30-15-26(2,3)36/h11,14,17-18,36H,4-10,12-13,15H2,1-3H3,(H,29,31)(H,30,34). The molecule has 0 aromatic carbocycles. The Hall–Kier alpha value is -2.59. The van der Waals surface area contributed by atoms with Crippen molar-refractivity contribution < 1.29 is 19.1 Å². The van der Waals surface area contributed by atoms with E-state index in [0.717, 1.165) is 28.3 Å². The molecular weight excluding hydrogens is 493 g/mol. The van der Waals surface area contributed by atoms with E-state index in [1.807, 2.05) is 13.0 Å². The molecule has 2 aliphatic carbocycles. The van der Waals surface area contributed by atoms with Crippen molar-refractivity contribution in [1.82, 2.24) is 20.2 Å². The quantitative estimate of drug-likeness (QED) is 0.493. The van der Waals surface area contributed by atoms with E-state index in [1.165, 1.54) is 32.1 Å². The monoisotopic (exact) mass is 529 g/mol. The van der Waals surface area contributed by atoms with Gasteiger partial charge in [0.25, 0.3) is 11.8 Å². The summed E-state index contributed by atoms with van der Waals surface area (Å²) < 4.78 is 13.7. The summed E-state index contributed by atoms with van der Waals surface area (Å²) in [4.78, 5) is 37.6. The van der Waals surface area contributed by atoms with Crippen LogP contribution in [-0.4, -0.2) is 69.2 Å². The number of aromatic nitrogens is 2. The summed E-state index contributed by atoms with van der Waals surface area (Å²) in [5, 5.41) is 16.4. The van der Waals surface area contributed by atoms with Crippen molar-refractivity contribution in [3.05, 3.63) is 28.5 Å². The molecule has 3 aliphatic rings. The molecule has 3 fully saturated rings. The third-order valence-corrected chi connectivity index (χ3v) is 8.99. The second kappa shape index (κ2) is 9.94. The van der Waals surface area contributed by atoms with Crippen molar-refractivity contribution in [2.24, 2.45) is 5.41 Å². The number of hydrogen-bond acceptors (Lipinski definition) is 7. The summed E-state index contributed by atoms with van der Waals surface area (Å²) in [6, 6.07) is 2.43. The van der Waals surface area contributed by atoms with Crippen molar-refractivity contribution in [2.45, 2.75) is 83.5 Å². The van der Waals surface area contributed by atoms with Gasteiger partial charge in [0.05, 0.1) is 10.5 Å². The Kier molecular flexibility index (Phi) is 7.00. The number of carbonyl (C=O) groups is 2. The molecule has 2 aromatic heterocycles. The number of aryl methyl sites for hydroxylation is 1. The van der Waals surface area contributed by atoms with Crippen molar-refractivity contribution >= 4 is 29.0 Å². The van der Waals surface area contributed by atoms with Gasteiger partial charge < -0.3 is 20.6 Å². The topological polar surface area (TPSA) is 107 Å². The summed E-state index contributed by atoms with van der Waals surface area (Å²) in [6.45, 7) is 5.86. The second-order valence-electron chi connectivity index (χ2n) is 11.6. The first-order valence-electron chi connectivity index (χ1n) is 13.2. The molecular formula is C27H36FN5O3S. The van der Waals surface area contributed by atoms with Crippen molar-refractivity contribution in [1.29, 1.82) is 0 Å². The van der Waals surface area contributed by atoms with E-state index in [0.29, 0.717) is 42.3 Å². The third kappa shape index (κ3) is 5.65. The van der Waals surface area contributed by atoms with Crippen LogP contribution in [0.3, 0.4) is 0 Å². The van der Waals surface area contributed by atoms with Crippen molar-refractivity contribution in [3.8, 4) is 10.4 Å². The highest BCUT2D eigenvalue weighted by atomic mass is 32.1. The van der Waals surface area contributed by atoms with Gasteiger partial charge in [0.15, 0.2) is 5.01 Å². The molecule has 8 nitrogen and oxygen atoms in total. The molecule has 0 radical (unpaired) electrons. The summed E-state index contributed by atoms with van der Waals surface area (Å²) >= 11 is 1.14. The number of amides is 2. The van der Waals surface area contributed by atoms with Crippen LogP contribution in [0.4, 0.5) is 10.2 Å². The van der Waals surface area contributed by atoms with Crippen LogP contribution >= 0.6 is 11.3 Å². The molecule has 0 unspecified atom stereocenters. The zero-order valence-electron chi connectivity index (χ0n) is 21.8. The molecule has 0 atom stereocenters. The van der Waals surface area contributed by atoms with Crippen LogP contribution in [0.2, 0.25) is 0 Å². The maximum absolute atomic E-state index is 13.7. The fourth-order valence-corrected chi connectivity index (χ4v) is 6.62. The Morgan fingerprint density at radius 2 is 1.97 bits per heavy atom. The largest absolute Gasteiger partial charge is 0.389 e. The molecule has 3 heterocycles. The number of pyridine rings is 1. The minimum atomic E-state index is -1.08. The Bertz CT molecular complexity index is 1170. The number of hydrogen-bond donors (Lipinski definition) is 3. The lowest BCUT2D eigenvalue weighted by Gasteiger charge is -2.54. The van der Waals surface area contributed by atoms with Crippen LogP contribution in [0.15, 0.2) is 12.3 Å².